The van der Waals surface area contributed by atoms with Crippen LogP contribution in [0.15, 0.2) is 24.3 Å². The fraction of sp³-hybridized carbons (Fsp3) is 0.533. The van der Waals surface area contributed by atoms with Crippen molar-refractivity contribution in [1.29, 1.82) is 0 Å². The predicted molar refractivity (Wildman–Crippen MR) is 79.7 cm³/mol. The molecule has 0 aliphatic carbocycles. The Hall–Kier alpha value is -1.95. The van der Waals surface area contributed by atoms with Crippen molar-refractivity contribution in [1.82, 2.24) is 5.32 Å². The molecule has 0 aliphatic rings. The molecule has 6 heteroatoms. The number of nitrogens with one attached hydrogen (secondary N) is 1. The van der Waals surface area contributed by atoms with Gasteiger partial charge < -0.3 is 10.4 Å². The van der Waals surface area contributed by atoms with E-state index in [0.717, 1.165) is 5.56 Å². The summed E-state index contributed by atoms with van der Waals surface area (Å²) >= 11 is 0. The molecule has 0 heterocycles. The van der Waals surface area contributed by atoms with Crippen LogP contribution in [-0.4, -0.2) is 22.0 Å². The van der Waals surface area contributed by atoms with E-state index < -0.39 is 16.6 Å². The maximum Gasteiger partial charge on any atom is 0.269 e. The number of carbonyl (C=O) groups is 1. The highest BCUT2D eigenvalue weighted by atomic mass is 16.6. The first-order valence-corrected chi connectivity index (χ1v) is 6.87. The second kappa shape index (κ2) is 6.67. The standard InChI is InChI=1S/C15H22N2O4/c1-10(2)13(18)9-14(19)16-15(3,4)11-5-7-12(8-6-11)17(20)21/h5-8,10,13,18H,9H2,1-4H3,(H,16,19). The number of non-ortho nitro benzene ring substituents is 1. The number of nitro groups is 1. The Morgan fingerprint density at radius 2 is 1.86 bits per heavy atom. The van der Waals surface area contributed by atoms with E-state index in [1.54, 1.807) is 12.1 Å². The predicted octanol–water partition coefficient (Wildman–Crippen LogP) is 2.35. The summed E-state index contributed by atoms with van der Waals surface area (Å²) in [4.78, 5) is 22.1. The molecule has 1 unspecified atom stereocenters. The van der Waals surface area contributed by atoms with Crippen molar-refractivity contribution in [3.05, 3.63) is 39.9 Å². The number of benzene rings is 1. The molecule has 0 aromatic heterocycles. The first-order valence-electron chi connectivity index (χ1n) is 6.87. The van der Waals surface area contributed by atoms with Gasteiger partial charge in [0.05, 0.1) is 23.0 Å². The number of carbonyl (C=O) groups excluding carboxylic acids is 1. The fourth-order valence-corrected chi connectivity index (χ4v) is 1.90. The van der Waals surface area contributed by atoms with Crippen molar-refractivity contribution in [3.63, 3.8) is 0 Å². The van der Waals surface area contributed by atoms with E-state index in [1.165, 1.54) is 12.1 Å². The number of nitrogens with zero attached hydrogens (tertiary/aromatic N) is 1. The van der Waals surface area contributed by atoms with Gasteiger partial charge in [0.15, 0.2) is 0 Å². The molecule has 0 saturated carbocycles. The molecule has 0 saturated heterocycles. The summed E-state index contributed by atoms with van der Waals surface area (Å²) in [7, 11) is 0. The molecule has 2 N–H and O–H groups in total. The van der Waals surface area contributed by atoms with Crippen LogP contribution in [0.2, 0.25) is 0 Å². The topological polar surface area (TPSA) is 92.5 Å². The van der Waals surface area contributed by atoms with Crippen LogP contribution >= 0.6 is 0 Å². The molecule has 0 radical (unpaired) electrons. The normalized spacial score (nSPS) is 13.0. The van der Waals surface area contributed by atoms with Crippen molar-refractivity contribution in [2.75, 3.05) is 0 Å². The monoisotopic (exact) mass is 294 g/mol. The Kier molecular flexibility index (Phi) is 5.43. The third-order valence-corrected chi connectivity index (χ3v) is 3.42. The number of aliphatic hydroxyl groups excluding tert-OH is 1. The lowest BCUT2D eigenvalue weighted by Gasteiger charge is -2.27. The molecule has 0 fully saturated rings. The maximum absolute atomic E-state index is 11.9. The highest BCUT2D eigenvalue weighted by Gasteiger charge is 2.25. The highest BCUT2D eigenvalue weighted by molar-refractivity contribution is 5.77. The zero-order chi connectivity index (χ0) is 16.2. The Labute approximate surface area is 124 Å². The van der Waals surface area contributed by atoms with Crippen LogP contribution in [0, 0.1) is 16.0 Å². The average Bonchev–Trinajstić information content (AvgIpc) is 2.37. The third kappa shape index (κ3) is 4.82. The van der Waals surface area contributed by atoms with Crippen LogP contribution in [0.1, 0.15) is 39.7 Å². The zero-order valence-corrected chi connectivity index (χ0v) is 12.8. The van der Waals surface area contributed by atoms with Gasteiger partial charge in [0.2, 0.25) is 5.91 Å². The van der Waals surface area contributed by atoms with Gasteiger partial charge in [-0.25, -0.2) is 0 Å². The minimum Gasteiger partial charge on any atom is -0.392 e. The largest absolute Gasteiger partial charge is 0.392 e. The summed E-state index contributed by atoms with van der Waals surface area (Å²) in [5.74, 6) is -0.238. The zero-order valence-electron chi connectivity index (χ0n) is 12.8. The van der Waals surface area contributed by atoms with Gasteiger partial charge >= 0.3 is 0 Å². The van der Waals surface area contributed by atoms with E-state index in [0.29, 0.717) is 0 Å². The smallest absolute Gasteiger partial charge is 0.269 e. The van der Waals surface area contributed by atoms with E-state index in [2.05, 4.69) is 5.32 Å². The summed E-state index contributed by atoms with van der Waals surface area (Å²) in [6, 6.07) is 6.06. The van der Waals surface area contributed by atoms with E-state index in [4.69, 9.17) is 0 Å². The van der Waals surface area contributed by atoms with Crippen LogP contribution in [0.4, 0.5) is 5.69 Å². The van der Waals surface area contributed by atoms with Crippen LogP contribution in [-0.2, 0) is 10.3 Å². The summed E-state index contributed by atoms with van der Waals surface area (Å²) in [6.07, 6.45) is -0.647. The maximum atomic E-state index is 11.9. The van der Waals surface area contributed by atoms with Gasteiger partial charge in [0.25, 0.3) is 5.69 Å². The lowest BCUT2D eigenvalue weighted by atomic mass is 9.93. The first kappa shape index (κ1) is 17.1. The highest BCUT2D eigenvalue weighted by Crippen LogP contribution is 2.23. The van der Waals surface area contributed by atoms with Gasteiger partial charge in [-0.15, -0.1) is 0 Å². The minimum atomic E-state index is -0.683. The summed E-state index contributed by atoms with van der Waals surface area (Å²) in [5, 5.41) is 23.2. The Balaban J connectivity index is 2.76. The number of nitro benzene ring substituents is 1. The van der Waals surface area contributed by atoms with Gasteiger partial charge in [0, 0.05) is 12.1 Å². The second-order valence-electron chi connectivity index (χ2n) is 5.99. The van der Waals surface area contributed by atoms with Gasteiger partial charge in [0.1, 0.15) is 0 Å². The van der Waals surface area contributed by atoms with E-state index in [1.807, 2.05) is 27.7 Å². The molecule has 6 nitrogen and oxygen atoms in total. The molecule has 1 rings (SSSR count). The summed E-state index contributed by atoms with van der Waals surface area (Å²) in [6.45, 7) is 7.32. The van der Waals surface area contributed by atoms with Crippen LogP contribution in [0.3, 0.4) is 0 Å². The molecule has 1 aromatic carbocycles. The van der Waals surface area contributed by atoms with Crippen molar-refractivity contribution in [2.24, 2.45) is 5.92 Å². The van der Waals surface area contributed by atoms with E-state index >= 15 is 0 Å². The molecule has 21 heavy (non-hydrogen) atoms. The quantitative estimate of drug-likeness (QED) is 0.622. The molecule has 1 atom stereocenters. The fourth-order valence-electron chi connectivity index (χ4n) is 1.90. The van der Waals surface area contributed by atoms with Crippen LogP contribution in [0.25, 0.3) is 0 Å². The minimum absolute atomic E-state index is 0.0103. The molecule has 1 amide bonds. The molecule has 116 valence electrons. The first-order chi connectivity index (χ1) is 9.63. The number of aliphatic hydroxyl groups is 1. The van der Waals surface area contributed by atoms with Crippen LogP contribution < -0.4 is 5.32 Å². The average molecular weight is 294 g/mol. The number of hydrogen-bond donors (Lipinski definition) is 2. The molecule has 0 aliphatic heterocycles. The number of amides is 1. The lowest BCUT2D eigenvalue weighted by molar-refractivity contribution is -0.384. The van der Waals surface area contributed by atoms with E-state index in [9.17, 15) is 20.0 Å². The molecule has 0 bridgehead atoms. The molecule has 0 spiro atoms. The van der Waals surface area contributed by atoms with Crippen molar-refractivity contribution in [2.45, 2.75) is 45.8 Å². The molecule has 1 aromatic rings. The van der Waals surface area contributed by atoms with Gasteiger partial charge in [-0.05, 0) is 37.5 Å². The second-order valence-corrected chi connectivity index (χ2v) is 5.99. The molecular weight excluding hydrogens is 272 g/mol. The third-order valence-electron chi connectivity index (χ3n) is 3.42. The van der Waals surface area contributed by atoms with Crippen molar-refractivity contribution < 1.29 is 14.8 Å². The Bertz CT molecular complexity index is 509. The van der Waals surface area contributed by atoms with Crippen molar-refractivity contribution >= 4 is 11.6 Å². The Morgan fingerprint density at radius 1 is 1.33 bits per heavy atom. The summed E-state index contributed by atoms with van der Waals surface area (Å²) in [5.41, 5.74) is 0.111. The van der Waals surface area contributed by atoms with Crippen LogP contribution in [0.5, 0.6) is 0 Å². The summed E-state index contributed by atoms with van der Waals surface area (Å²) < 4.78 is 0. The number of rotatable bonds is 6. The molecular formula is C15H22N2O4. The Morgan fingerprint density at radius 3 is 2.29 bits per heavy atom. The van der Waals surface area contributed by atoms with Gasteiger partial charge in [-0.3, -0.25) is 14.9 Å². The number of hydrogen-bond acceptors (Lipinski definition) is 4. The lowest BCUT2D eigenvalue weighted by Crippen LogP contribution is -2.42. The van der Waals surface area contributed by atoms with Gasteiger partial charge in [-0.2, -0.15) is 0 Å². The van der Waals surface area contributed by atoms with Crippen molar-refractivity contribution in [3.8, 4) is 0 Å². The van der Waals surface area contributed by atoms with Gasteiger partial charge in [-0.1, -0.05) is 13.8 Å². The SMILES string of the molecule is CC(C)C(O)CC(=O)NC(C)(C)c1ccc([N+](=O)[O-])cc1. The van der Waals surface area contributed by atoms with E-state index in [-0.39, 0.29) is 23.9 Å².